The number of hydrogen-bond acceptors (Lipinski definition) is 13. The fourth-order valence-corrected chi connectivity index (χ4v) is 18.9. The molecule has 20 rings (SSSR count). The Bertz CT molecular complexity index is 7320. The number of methoxy groups -OCH3 is 1. The van der Waals surface area contributed by atoms with E-state index < -0.39 is 0 Å². The van der Waals surface area contributed by atoms with E-state index in [0.29, 0.717) is 0 Å². The number of aryl methyl sites for hydroxylation is 6. The topological polar surface area (TPSA) is 157 Å². The minimum Gasteiger partial charge on any atom is -0.497 e. The molecule has 0 saturated carbocycles. The predicted octanol–water partition coefficient (Wildman–Crippen LogP) is 33.4. The first kappa shape index (κ1) is 99.9. The van der Waals surface area contributed by atoms with Crippen LogP contribution in [-0.2, 0) is 12.8 Å². The highest BCUT2D eigenvalue weighted by molar-refractivity contribution is 5.83. The van der Waals surface area contributed by atoms with E-state index in [1.54, 1.807) is 7.11 Å². The van der Waals surface area contributed by atoms with E-state index in [1.165, 1.54) is 106 Å². The summed E-state index contributed by atoms with van der Waals surface area (Å²) >= 11 is 0. The summed E-state index contributed by atoms with van der Waals surface area (Å²) in [6.45, 7) is 13.0. The smallest absolute Gasteiger partial charge is 0.126 e. The van der Waals surface area contributed by atoms with Crippen LogP contribution in [0.25, 0.3) is 44.5 Å². The van der Waals surface area contributed by atoms with Gasteiger partial charge in [-0.2, -0.15) is 0 Å². The molecule has 0 unspecified atom stereocenters. The van der Waals surface area contributed by atoms with Crippen LogP contribution in [0.15, 0.2) is 516 Å². The molecule has 0 aliphatic heterocycles. The number of pyridine rings is 4. The first-order valence-corrected chi connectivity index (χ1v) is 50.4. The van der Waals surface area contributed by atoms with Crippen molar-refractivity contribution in [2.24, 2.45) is 0 Å². The van der Waals surface area contributed by atoms with Crippen molar-refractivity contribution in [1.82, 2.24) is 19.9 Å². The third-order valence-electron chi connectivity index (χ3n) is 26.1. The molecule has 4 heterocycles. The van der Waals surface area contributed by atoms with E-state index in [4.69, 9.17) is 4.74 Å². The van der Waals surface area contributed by atoms with E-state index in [1.807, 2.05) is 104 Å². The second-order valence-electron chi connectivity index (χ2n) is 36.5. The van der Waals surface area contributed by atoms with E-state index in [-0.39, 0.29) is 48.3 Å². The Hall–Kier alpha value is -17.7. The van der Waals surface area contributed by atoms with Crippen molar-refractivity contribution >= 4 is 46.0 Å². The van der Waals surface area contributed by atoms with Gasteiger partial charge in [0.05, 0.1) is 55.4 Å². The molecule has 20 aromatic rings. The van der Waals surface area contributed by atoms with Gasteiger partial charge in [-0.15, -0.1) is 0 Å². The summed E-state index contributed by atoms with van der Waals surface area (Å²) in [6.07, 6.45) is 9.33. The molecule has 0 radical (unpaired) electrons. The van der Waals surface area contributed by atoms with Crippen LogP contribution in [0.3, 0.4) is 0 Å². The van der Waals surface area contributed by atoms with Gasteiger partial charge in [0.1, 0.15) is 29.0 Å². The van der Waals surface area contributed by atoms with Crippen molar-refractivity contribution in [1.29, 1.82) is 0 Å². The summed E-state index contributed by atoms with van der Waals surface area (Å²) in [5.74, 6) is 4.22. The Balaban J connectivity index is 0.000000133. The number of nitrogens with one attached hydrogen (secondary N) is 8. The van der Waals surface area contributed by atoms with Crippen LogP contribution >= 0.6 is 0 Å². The summed E-state index contributed by atoms with van der Waals surface area (Å²) in [6, 6.07) is 171. The summed E-state index contributed by atoms with van der Waals surface area (Å²) in [4.78, 5) is 18.3. The number of para-hydroxylation sites is 4. The van der Waals surface area contributed by atoms with Crippen LogP contribution in [0.2, 0.25) is 0 Å². The molecule has 0 saturated heterocycles. The van der Waals surface area contributed by atoms with Crippen molar-refractivity contribution in [3.8, 4) is 50.3 Å². The van der Waals surface area contributed by atoms with Gasteiger partial charge in [0, 0.05) is 69.8 Å². The van der Waals surface area contributed by atoms with Crippen LogP contribution in [0.4, 0.5) is 46.0 Å². The van der Waals surface area contributed by atoms with Gasteiger partial charge < -0.3 is 47.3 Å². The molecule has 4 aromatic heterocycles. The lowest BCUT2D eigenvalue weighted by Gasteiger charge is -2.32. The molecule has 724 valence electrons. The van der Waals surface area contributed by atoms with Gasteiger partial charge >= 0.3 is 0 Å². The molecule has 146 heavy (non-hydrogen) atoms. The SMILES string of the molecule is CCc1cc(CC)cc(-c2ccccc2N[C@@H](c2ccccc2)[C@@H](Nc2ccccn2)c2ccccc2)c1.COc1cc(C)cc(-c2ccccc2N[C@@H](c2ccccc2)[C@@H](Nc2ccccn2)c2ccccc2)c1.Cc1cc(C)cc(-c2ccccc2N[C@@H](c2ccccc2)[C@@H](Nc2ccccn2)c2ccccc2)c1.Cc1ccc(-c2ccccc2N[C@@H](c2ccccc2)[C@@H](Nc2ccccn2)c2ccccc2)cc1. The predicted molar refractivity (Wildman–Crippen MR) is 611 cm³/mol. The molecule has 8 atom stereocenters. The molecule has 0 aliphatic carbocycles. The Morgan fingerprint density at radius 3 is 0.658 bits per heavy atom. The largest absolute Gasteiger partial charge is 0.497 e. The van der Waals surface area contributed by atoms with Gasteiger partial charge in [0.25, 0.3) is 0 Å². The maximum absolute atomic E-state index is 5.57. The van der Waals surface area contributed by atoms with Crippen molar-refractivity contribution < 1.29 is 4.74 Å². The number of anilines is 8. The molecule has 13 nitrogen and oxygen atoms in total. The zero-order chi connectivity index (χ0) is 100. The second-order valence-corrected chi connectivity index (χ2v) is 36.5. The highest BCUT2D eigenvalue weighted by atomic mass is 16.5. The van der Waals surface area contributed by atoms with E-state index in [9.17, 15) is 0 Å². The van der Waals surface area contributed by atoms with Crippen molar-refractivity contribution in [2.45, 2.75) is 103 Å². The van der Waals surface area contributed by atoms with Gasteiger partial charge in [0.15, 0.2) is 0 Å². The van der Waals surface area contributed by atoms with E-state index >= 15 is 0 Å². The van der Waals surface area contributed by atoms with Crippen molar-refractivity contribution in [3.05, 3.63) is 594 Å². The maximum atomic E-state index is 5.57. The first-order chi connectivity index (χ1) is 71.9. The Kier molecular flexibility index (Phi) is 35.0. The van der Waals surface area contributed by atoms with Gasteiger partial charge in [0.2, 0.25) is 0 Å². The highest BCUT2D eigenvalue weighted by Crippen LogP contribution is 2.45. The summed E-state index contributed by atoms with van der Waals surface area (Å²) in [5, 5.41) is 30.6. The van der Waals surface area contributed by atoms with Gasteiger partial charge in [-0.05, 0) is 209 Å². The Morgan fingerprint density at radius 2 is 0.411 bits per heavy atom. The lowest BCUT2D eigenvalue weighted by atomic mass is 9.91. The third kappa shape index (κ3) is 27.1. The minimum absolute atomic E-state index is 0.0489. The second kappa shape index (κ2) is 51.1. The van der Waals surface area contributed by atoms with Gasteiger partial charge in [-0.1, -0.05) is 437 Å². The molecule has 0 amide bonds. The lowest BCUT2D eigenvalue weighted by molar-refractivity contribution is 0.414. The number of aromatic nitrogens is 4. The molecule has 0 fully saturated rings. The fourth-order valence-electron chi connectivity index (χ4n) is 18.9. The number of rotatable bonds is 35. The van der Waals surface area contributed by atoms with Gasteiger partial charge in [-0.3, -0.25) is 0 Å². The highest BCUT2D eigenvalue weighted by Gasteiger charge is 2.32. The number of ether oxygens (including phenoxy) is 1. The molecule has 0 aliphatic rings. The number of benzene rings is 16. The molecular formula is C133H126N12O. The van der Waals surface area contributed by atoms with Gasteiger partial charge in [-0.25, -0.2) is 19.9 Å². The zero-order valence-corrected chi connectivity index (χ0v) is 83.8. The average molecular weight is 1910 g/mol. The molecule has 0 spiro atoms. The number of nitrogens with zero attached hydrogens (tertiary/aromatic N) is 4. The summed E-state index contributed by atoms with van der Waals surface area (Å²) in [5.41, 5.74) is 31.0. The minimum atomic E-state index is -0.0848. The van der Waals surface area contributed by atoms with Crippen molar-refractivity contribution in [2.75, 3.05) is 49.6 Å². The maximum Gasteiger partial charge on any atom is 0.126 e. The standard InChI is InChI=1S/C35H35N3.C33H31N3O.C33H31N3.C32H29N3/c1-3-26-23-27(4-2)25-30(24-26)31-19-11-12-20-32(31)37-34(28-15-7-5-8-16-28)35(29-17-9-6-10-18-29)38-33-21-13-14-22-36-33;1-24-21-27(23-28(22-24)37-2)29-17-9-10-18-30(29)35-32(25-13-5-3-6-14-25)33(26-15-7-4-8-16-26)36-31-19-11-12-20-34-31;1-24-21-25(2)23-28(22-24)29-17-9-10-18-30(29)35-32(26-13-5-3-6-14-26)33(27-15-7-4-8-16-27)36-31-19-11-12-20-34-31;1-24-19-21-25(22-20-24)28-16-8-9-17-29(28)34-31(26-12-4-2-5-13-26)32(27-14-6-3-7-15-27)35-30-18-10-11-23-33-30/h5-25,34-35,37H,3-4H2,1-2H3,(H,36,38);3-23,32-33,35H,1-2H3,(H,34,36);3-23,32-33,35H,1-2H3,(H,34,36);2-23,31-32,34H,1H3,(H,33,35)/t34-,35-;2*32-,33-;31-,32-/m0000/s1. The molecule has 13 heteroatoms. The van der Waals surface area contributed by atoms with Crippen LogP contribution in [-0.4, -0.2) is 27.0 Å². The molecular weight excluding hydrogens is 1780 g/mol. The lowest BCUT2D eigenvalue weighted by Crippen LogP contribution is -2.26. The zero-order valence-electron chi connectivity index (χ0n) is 83.8. The van der Waals surface area contributed by atoms with Crippen LogP contribution in [0.1, 0.15) is 140 Å². The van der Waals surface area contributed by atoms with E-state index in [0.717, 1.165) is 81.3 Å². The number of hydrogen-bond donors (Lipinski definition) is 8. The molecule has 0 bridgehead atoms. The van der Waals surface area contributed by atoms with Crippen LogP contribution in [0.5, 0.6) is 5.75 Å². The monoisotopic (exact) mass is 1910 g/mol. The van der Waals surface area contributed by atoms with Crippen LogP contribution < -0.4 is 47.3 Å². The first-order valence-electron chi connectivity index (χ1n) is 50.4. The summed E-state index contributed by atoms with van der Waals surface area (Å²) in [7, 11) is 1.71. The van der Waals surface area contributed by atoms with E-state index in [2.05, 4.69) is 517 Å². The fraction of sp³-hybridized carbons (Fsp3) is 0.128. The van der Waals surface area contributed by atoms with Crippen molar-refractivity contribution in [3.63, 3.8) is 0 Å². The average Bonchev–Trinajstić information content (AvgIpc) is 0.805. The quantitative estimate of drug-likeness (QED) is 0.0190. The summed E-state index contributed by atoms with van der Waals surface area (Å²) < 4.78 is 5.57. The Morgan fingerprint density at radius 1 is 0.192 bits per heavy atom. The third-order valence-corrected chi connectivity index (χ3v) is 26.1. The van der Waals surface area contributed by atoms with Crippen LogP contribution in [0, 0.1) is 27.7 Å². The Labute approximate surface area is 861 Å². The normalized spacial score (nSPS) is 12.5. The molecule has 16 aromatic carbocycles. The molecule has 8 N–H and O–H groups in total.